The first-order valence-electron chi connectivity index (χ1n) is 8.99. The number of benzene rings is 2. The number of piperazine rings is 1. The minimum absolute atomic E-state index is 0.0356. The predicted molar refractivity (Wildman–Crippen MR) is 106 cm³/mol. The molecule has 1 saturated heterocycles. The van der Waals surface area contributed by atoms with Gasteiger partial charge in [-0.25, -0.2) is 4.98 Å². The minimum atomic E-state index is -0.0964. The molecule has 8 heteroatoms. The molecule has 4 rings (SSSR count). The number of nitrogens with one attached hydrogen (secondary N) is 1. The van der Waals surface area contributed by atoms with E-state index >= 15 is 0 Å². The number of aromatic amines is 1. The van der Waals surface area contributed by atoms with Crippen LogP contribution in [0.25, 0.3) is 11.0 Å². The van der Waals surface area contributed by atoms with Crippen molar-refractivity contribution in [3.8, 4) is 5.75 Å². The summed E-state index contributed by atoms with van der Waals surface area (Å²) in [5, 5.41) is 0.617. The number of carbonyl (C=O) groups excluding carboxylic acids is 2. The number of fused-ring (bicyclic) bond motifs is 1. The molecule has 1 aliphatic heterocycles. The Morgan fingerprint density at radius 2 is 1.75 bits per heavy atom. The van der Waals surface area contributed by atoms with E-state index in [4.69, 9.17) is 16.3 Å². The maximum Gasteiger partial charge on any atom is 0.260 e. The van der Waals surface area contributed by atoms with E-state index in [1.54, 1.807) is 46.5 Å². The monoisotopic (exact) mass is 398 g/mol. The van der Waals surface area contributed by atoms with Crippen LogP contribution in [-0.4, -0.2) is 64.4 Å². The van der Waals surface area contributed by atoms with Crippen LogP contribution in [0.15, 0.2) is 48.8 Å². The molecule has 0 radical (unpaired) electrons. The van der Waals surface area contributed by atoms with Crippen LogP contribution in [0.3, 0.4) is 0 Å². The molecular formula is C20H19ClN4O3. The smallest absolute Gasteiger partial charge is 0.260 e. The van der Waals surface area contributed by atoms with E-state index in [-0.39, 0.29) is 18.4 Å². The molecule has 0 atom stereocenters. The predicted octanol–water partition coefficient (Wildman–Crippen LogP) is 2.58. The van der Waals surface area contributed by atoms with Crippen molar-refractivity contribution in [2.45, 2.75) is 0 Å². The topological polar surface area (TPSA) is 78.5 Å². The molecule has 1 aliphatic rings. The van der Waals surface area contributed by atoms with Crippen LogP contribution >= 0.6 is 11.6 Å². The van der Waals surface area contributed by atoms with Crippen molar-refractivity contribution in [1.82, 2.24) is 19.8 Å². The van der Waals surface area contributed by atoms with Crippen molar-refractivity contribution in [1.29, 1.82) is 0 Å². The van der Waals surface area contributed by atoms with Crippen molar-refractivity contribution in [3.63, 3.8) is 0 Å². The van der Waals surface area contributed by atoms with Gasteiger partial charge in [-0.05, 0) is 42.5 Å². The zero-order valence-corrected chi connectivity index (χ0v) is 15.9. The van der Waals surface area contributed by atoms with Crippen molar-refractivity contribution in [2.75, 3.05) is 32.8 Å². The Labute approximate surface area is 166 Å². The second-order valence-corrected chi connectivity index (χ2v) is 6.99. The van der Waals surface area contributed by atoms with Gasteiger partial charge in [-0.2, -0.15) is 0 Å². The van der Waals surface area contributed by atoms with Crippen molar-refractivity contribution < 1.29 is 14.3 Å². The molecule has 1 fully saturated rings. The average molecular weight is 399 g/mol. The molecule has 2 heterocycles. The van der Waals surface area contributed by atoms with Gasteiger partial charge in [0.1, 0.15) is 5.75 Å². The SMILES string of the molecule is O=C(COc1ccc(Cl)cc1)N1CCN(C(=O)c2ccc3nc[nH]c3c2)CC1. The molecule has 28 heavy (non-hydrogen) atoms. The average Bonchev–Trinajstić information content (AvgIpc) is 3.20. The van der Waals surface area contributed by atoms with Crippen molar-refractivity contribution in [2.24, 2.45) is 0 Å². The maximum absolute atomic E-state index is 12.7. The lowest BCUT2D eigenvalue weighted by molar-refractivity contribution is -0.134. The summed E-state index contributed by atoms with van der Waals surface area (Å²) in [4.78, 5) is 35.8. The molecule has 0 saturated carbocycles. The Morgan fingerprint density at radius 3 is 2.50 bits per heavy atom. The van der Waals surface area contributed by atoms with Crippen LogP contribution in [0.4, 0.5) is 0 Å². The highest BCUT2D eigenvalue weighted by Crippen LogP contribution is 2.17. The van der Waals surface area contributed by atoms with Gasteiger partial charge in [0.25, 0.3) is 11.8 Å². The molecule has 144 valence electrons. The number of hydrogen-bond acceptors (Lipinski definition) is 4. The van der Waals surface area contributed by atoms with Crippen LogP contribution in [-0.2, 0) is 4.79 Å². The van der Waals surface area contributed by atoms with Crippen LogP contribution in [0.1, 0.15) is 10.4 Å². The fraction of sp³-hybridized carbons (Fsp3) is 0.250. The first kappa shape index (κ1) is 18.3. The molecule has 1 N–H and O–H groups in total. The van der Waals surface area contributed by atoms with E-state index in [1.165, 1.54) is 0 Å². The molecule has 2 amide bonds. The second-order valence-electron chi connectivity index (χ2n) is 6.55. The van der Waals surface area contributed by atoms with Gasteiger partial charge in [0, 0.05) is 36.8 Å². The van der Waals surface area contributed by atoms with E-state index in [9.17, 15) is 9.59 Å². The minimum Gasteiger partial charge on any atom is -0.484 e. The van der Waals surface area contributed by atoms with Gasteiger partial charge >= 0.3 is 0 Å². The standard InChI is InChI=1S/C20H19ClN4O3/c21-15-2-4-16(5-3-15)28-12-19(26)24-7-9-25(10-8-24)20(27)14-1-6-17-18(11-14)23-13-22-17/h1-6,11,13H,7-10,12H2,(H,22,23). The number of halogens is 1. The molecule has 0 spiro atoms. The Morgan fingerprint density at radius 1 is 1.04 bits per heavy atom. The van der Waals surface area contributed by atoms with Gasteiger partial charge in [-0.15, -0.1) is 0 Å². The number of rotatable bonds is 4. The zero-order chi connectivity index (χ0) is 19.5. The van der Waals surface area contributed by atoms with Gasteiger partial charge in [0.2, 0.25) is 0 Å². The Hall–Kier alpha value is -3.06. The number of aromatic nitrogens is 2. The Kier molecular flexibility index (Phi) is 5.16. The van der Waals surface area contributed by atoms with Gasteiger partial charge in [0.05, 0.1) is 17.4 Å². The quantitative estimate of drug-likeness (QED) is 0.732. The highest BCUT2D eigenvalue weighted by atomic mass is 35.5. The Balaban J connectivity index is 1.30. The highest BCUT2D eigenvalue weighted by molar-refractivity contribution is 6.30. The third-order valence-electron chi connectivity index (χ3n) is 4.76. The first-order chi connectivity index (χ1) is 13.6. The lowest BCUT2D eigenvalue weighted by Gasteiger charge is -2.34. The lowest BCUT2D eigenvalue weighted by Crippen LogP contribution is -2.51. The first-order valence-corrected chi connectivity index (χ1v) is 9.36. The summed E-state index contributed by atoms with van der Waals surface area (Å²) in [5.74, 6) is 0.461. The number of nitrogens with zero attached hydrogens (tertiary/aromatic N) is 3. The maximum atomic E-state index is 12.7. The molecule has 2 aromatic carbocycles. The van der Waals surface area contributed by atoms with Gasteiger partial charge < -0.3 is 19.5 Å². The second kappa shape index (κ2) is 7.90. The number of carbonyl (C=O) groups is 2. The summed E-state index contributed by atoms with van der Waals surface area (Å²) in [6, 6.07) is 12.3. The largest absolute Gasteiger partial charge is 0.484 e. The zero-order valence-electron chi connectivity index (χ0n) is 15.1. The third kappa shape index (κ3) is 3.94. The summed E-state index contributed by atoms with van der Waals surface area (Å²) >= 11 is 5.83. The number of H-pyrrole nitrogens is 1. The van der Waals surface area contributed by atoms with Crippen LogP contribution in [0, 0.1) is 0 Å². The number of amides is 2. The molecular weight excluding hydrogens is 380 g/mol. The summed E-state index contributed by atoms with van der Waals surface area (Å²) in [6.07, 6.45) is 1.61. The van der Waals surface area contributed by atoms with E-state index in [0.29, 0.717) is 42.5 Å². The molecule has 0 unspecified atom stereocenters. The van der Waals surface area contributed by atoms with Crippen LogP contribution in [0.2, 0.25) is 5.02 Å². The van der Waals surface area contributed by atoms with Gasteiger partial charge in [-0.1, -0.05) is 11.6 Å². The number of ether oxygens (including phenoxy) is 1. The molecule has 0 aliphatic carbocycles. The number of imidazole rings is 1. The fourth-order valence-electron chi connectivity index (χ4n) is 3.18. The van der Waals surface area contributed by atoms with E-state index in [1.807, 2.05) is 12.1 Å². The third-order valence-corrected chi connectivity index (χ3v) is 5.01. The van der Waals surface area contributed by atoms with Crippen LogP contribution < -0.4 is 4.74 Å². The summed E-state index contributed by atoms with van der Waals surface area (Å²) in [7, 11) is 0. The normalized spacial score (nSPS) is 14.3. The van der Waals surface area contributed by atoms with Gasteiger partial charge in [0.15, 0.2) is 6.61 Å². The Bertz CT molecular complexity index is 994. The van der Waals surface area contributed by atoms with Crippen molar-refractivity contribution in [3.05, 3.63) is 59.4 Å². The van der Waals surface area contributed by atoms with E-state index < -0.39 is 0 Å². The summed E-state index contributed by atoms with van der Waals surface area (Å²) in [6.45, 7) is 1.92. The highest BCUT2D eigenvalue weighted by Gasteiger charge is 2.25. The van der Waals surface area contributed by atoms with E-state index in [0.717, 1.165) is 11.0 Å². The molecule has 7 nitrogen and oxygen atoms in total. The van der Waals surface area contributed by atoms with Crippen molar-refractivity contribution >= 4 is 34.4 Å². The lowest BCUT2D eigenvalue weighted by atomic mass is 10.1. The van der Waals surface area contributed by atoms with Gasteiger partial charge in [-0.3, -0.25) is 9.59 Å². The molecule has 1 aromatic heterocycles. The number of hydrogen-bond donors (Lipinski definition) is 1. The summed E-state index contributed by atoms with van der Waals surface area (Å²) in [5.41, 5.74) is 2.27. The summed E-state index contributed by atoms with van der Waals surface area (Å²) < 4.78 is 5.51. The van der Waals surface area contributed by atoms with Crippen LogP contribution in [0.5, 0.6) is 5.75 Å². The van der Waals surface area contributed by atoms with E-state index in [2.05, 4.69) is 9.97 Å². The molecule has 0 bridgehead atoms. The fourth-order valence-corrected chi connectivity index (χ4v) is 3.30. The molecule has 3 aromatic rings.